The summed E-state index contributed by atoms with van der Waals surface area (Å²) in [7, 11) is -2.64. The van der Waals surface area contributed by atoms with Crippen molar-refractivity contribution in [2.45, 2.75) is 49.5 Å². The van der Waals surface area contributed by atoms with Gasteiger partial charge in [-0.2, -0.15) is 4.72 Å². The molecule has 0 saturated heterocycles. The number of methoxy groups -OCH3 is 1. The zero-order chi connectivity index (χ0) is 18.8. The first kappa shape index (κ1) is 19.4. The standard InChI is InChI=1S/C17H23NO6S/c1-11(2)10-14(15(19)20)18-25(22,23)13-6-4-12(5-7-13)17(8-9-17)16(21)24-3/h4-7,11,14,18H,8-10H2,1-3H3,(H,19,20)/t14-/m1/s1. The number of ether oxygens (including phenoxy) is 1. The lowest BCUT2D eigenvalue weighted by Crippen LogP contribution is -2.41. The molecular formula is C17H23NO6S. The molecule has 0 spiro atoms. The van der Waals surface area contributed by atoms with Crippen LogP contribution in [0.25, 0.3) is 0 Å². The molecule has 0 bridgehead atoms. The maximum atomic E-state index is 12.4. The molecule has 138 valence electrons. The van der Waals surface area contributed by atoms with E-state index in [-0.39, 0.29) is 23.2 Å². The lowest BCUT2D eigenvalue weighted by molar-refractivity contribution is -0.143. The summed E-state index contributed by atoms with van der Waals surface area (Å²) < 4.78 is 31.9. The number of carbonyl (C=O) groups is 2. The molecule has 0 heterocycles. The van der Waals surface area contributed by atoms with Gasteiger partial charge in [0, 0.05) is 0 Å². The number of nitrogens with one attached hydrogen (secondary N) is 1. The number of benzene rings is 1. The molecule has 25 heavy (non-hydrogen) atoms. The van der Waals surface area contributed by atoms with E-state index in [9.17, 15) is 23.1 Å². The highest BCUT2D eigenvalue weighted by molar-refractivity contribution is 7.89. The maximum Gasteiger partial charge on any atom is 0.321 e. The zero-order valence-electron chi connectivity index (χ0n) is 14.5. The van der Waals surface area contributed by atoms with Gasteiger partial charge >= 0.3 is 11.9 Å². The molecule has 1 atom stereocenters. The van der Waals surface area contributed by atoms with Crippen LogP contribution in [-0.4, -0.2) is 38.6 Å². The fourth-order valence-corrected chi connectivity index (χ4v) is 4.01. The molecular weight excluding hydrogens is 346 g/mol. The molecule has 1 saturated carbocycles. The van der Waals surface area contributed by atoms with E-state index in [1.807, 2.05) is 13.8 Å². The number of hydrogen-bond acceptors (Lipinski definition) is 5. The van der Waals surface area contributed by atoms with Gasteiger partial charge in [0.25, 0.3) is 0 Å². The first-order valence-electron chi connectivity index (χ1n) is 8.06. The number of aliphatic carboxylic acids is 1. The summed E-state index contributed by atoms with van der Waals surface area (Å²) in [4.78, 5) is 23.1. The molecule has 8 heteroatoms. The smallest absolute Gasteiger partial charge is 0.321 e. The Kier molecular flexibility index (Phi) is 5.53. The number of esters is 1. The van der Waals surface area contributed by atoms with Gasteiger partial charge in [-0.15, -0.1) is 0 Å². The molecule has 0 aromatic heterocycles. The second-order valence-corrected chi connectivity index (χ2v) is 8.45. The Bertz CT molecular complexity index is 750. The molecule has 7 nitrogen and oxygen atoms in total. The quantitative estimate of drug-likeness (QED) is 0.675. The van der Waals surface area contributed by atoms with Crippen molar-refractivity contribution < 1.29 is 27.9 Å². The summed E-state index contributed by atoms with van der Waals surface area (Å²) in [5, 5.41) is 9.20. The van der Waals surface area contributed by atoms with Gasteiger partial charge in [0.05, 0.1) is 17.4 Å². The van der Waals surface area contributed by atoms with Crippen molar-refractivity contribution in [3.63, 3.8) is 0 Å². The highest BCUT2D eigenvalue weighted by atomic mass is 32.2. The molecule has 0 amide bonds. The van der Waals surface area contributed by atoms with Gasteiger partial charge in [-0.05, 0) is 42.9 Å². The topological polar surface area (TPSA) is 110 Å². The average Bonchev–Trinajstić information content (AvgIpc) is 3.34. The van der Waals surface area contributed by atoms with E-state index in [0.717, 1.165) is 0 Å². The third-order valence-electron chi connectivity index (χ3n) is 4.35. The third kappa shape index (κ3) is 4.19. The van der Waals surface area contributed by atoms with E-state index in [0.29, 0.717) is 18.4 Å². The summed E-state index contributed by atoms with van der Waals surface area (Å²) in [6, 6.07) is 4.74. The van der Waals surface area contributed by atoms with Crippen molar-refractivity contribution in [2.24, 2.45) is 5.92 Å². The highest BCUT2D eigenvalue weighted by Gasteiger charge is 2.52. The normalized spacial score (nSPS) is 17.1. The van der Waals surface area contributed by atoms with Crippen molar-refractivity contribution in [2.75, 3.05) is 7.11 Å². The van der Waals surface area contributed by atoms with Crippen molar-refractivity contribution >= 4 is 22.0 Å². The number of hydrogen-bond donors (Lipinski definition) is 2. The van der Waals surface area contributed by atoms with Crippen LogP contribution < -0.4 is 4.72 Å². The first-order chi connectivity index (χ1) is 11.6. The number of sulfonamides is 1. The minimum absolute atomic E-state index is 0.0287. The summed E-state index contributed by atoms with van der Waals surface area (Å²) in [5.74, 6) is -1.51. The largest absolute Gasteiger partial charge is 0.480 e. The second kappa shape index (κ2) is 7.13. The van der Waals surface area contributed by atoms with E-state index >= 15 is 0 Å². The molecule has 1 aliphatic carbocycles. The van der Waals surface area contributed by atoms with Crippen LogP contribution in [0.1, 0.15) is 38.7 Å². The summed E-state index contributed by atoms with van der Waals surface area (Å²) in [6.07, 6.45) is 1.52. The maximum absolute atomic E-state index is 12.4. The second-order valence-electron chi connectivity index (χ2n) is 6.74. The van der Waals surface area contributed by atoms with Crippen LogP contribution in [0.2, 0.25) is 0 Å². The number of carbonyl (C=O) groups excluding carboxylic acids is 1. The van der Waals surface area contributed by atoms with Crippen LogP contribution in [0.15, 0.2) is 29.2 Å². The molecule has 1 aromatic rings. The monoisotopic (exact) mass is 369 g/mol. The van der Waals surface area contributed by atoms with E-state index in [1.165, 1.54) is 19.2 Å². The minimum atomic E-state index is -3.96. The third-order valence-corrected chi connectivity index (χ3v) is 5.83. The van der Waals surface area contributed by atoms with Gasteiger partial charge in [-0.25, -0.2) is 8.42 Å². The van der Waals surface area contributed by atoms with Crippen LogP contribution in [0, 0.1) is 5.92 Å². The number of carboxylic acids is 1. The predicted molar refractivity (Wildman–Crippen MR) is 90.6 cm³/mol. The number of rotatable bonds is 8. The van der Waals surface area contributed by atoms with Gasteiger partial charge in [-0.3, -0.25) is 9.59 Å². The van der Waals surface area contributed by atoms with Gasteiger partial charge in [0.2, 0.25) is 10.0 Å². The SMILES string of the molecule is COC(=O)C1(c2ccc(S(=O)(=O)N[C@H](CC(C)C)C(=O)O)cc2)CC1. The molecule has 0 unspecified atom stereocenters. The molecule has 2 rings (SSSR count). The molecule has 1 aliphatic rings. The summed E-state index contributed by atoms with van der Waals surface area (Å²) in [5.41, 5.74) is 0.0291. The van der Waals surface area contributed by atoms with Crippen LogP contribution in [-0.2, 0) is 29.8 Å². The Morgan fingerprint density at radius 1 is 1.24 bits per heavy atom. The minimum Gasteiger partial charge on any atom is -0.480 e. The van der Waals surface area contributed by atoms with E-state index in [2.05, 4.69) is 4.72 Å². The Morgan fingerprint density at radius 2 is 1.80 bits per heavy atom. The molecule has 1 aromatic carbocycles. The van der Waals surface area contributed by atoms with Gasteiger partial charge < -0.3 is 9.84 Å². The van der Waals surface area contributed by atoms with Crippen LogP contribution >= 0.6 is 0 Å². The summed E-state index contributed by atoms with van der Waals surface area (Å²) >= 11 is 0. The Balaban J connectivity index is 2.20. The van der Waals surface area contributed by atoms with Crippen LogP contribution in [0.5, 0.6) is 0 Å². The lowest BCUT2D eigenvalue weighted by Gasteiger charge is -2.17. The molecule has 2 N–H and O–H groups in total. The molecule has 0 aliphatic heterocycles. The van der Waals surface area contributed by atoms with E-state index < -0.39 is 27.4 Å². The number of carboxylic acid groups (broad SMARTS) is 1. The van der Waals surface area contributed by atoms with Gasteiger partial charge in [0.15, 0.2) is 0 Å². The molecule has 0 radical (unpaired) electrons. The lowest BCUT2D eigenvalue weighted by atomic mass is 9.96. The fraction of sp³-hybridized carbons (Fsp3) is 0.529. The first-order valence-corrected chi connectivity index (χ1v) is 9.55. The Labute approximate surface area is 147 Å². The van der Waals surface area contributed by atoms with E-state index in [4.69, 9.17) is 4.74 Å². The van der Waals surface area contributed by atoms with Gasteiger partial charge in [0.1, 0.15) is 6.04 Å². The van der Waals surface area contributed by atoms with Crippen molar-refractivity contribution in [3.8, 4) is 0 Å². The van der Waals surface area contributed by atoms with Crippen molar-refractivity contribution in [1.82, 2.24) is 4.72 Å². The van der Waals surface area contributed by atoms with Crippen molar-refractivity contribution in [1.29, 1.82) is 0 Å². The Morgan fingerprint density at radius 3 is 2.20 bits per heavy atom. The fourth-order valence-electron chi connectivity index (χ4n) is 2.81. The van der Waals surface area contributed by atoms with Crippen LogP contribution in [0.4, 0.5) is 0 Å². The zero-order valence-corrected chi connectivity index (χ0v) is 15.3. The summed E-state index contributed by atoms with van der Waals surface area (Å²) in [6.45, 7) is 3.64. The van der Waals surface area contributed by atoms with Gasteiger partial charge in [-0.1, -0.05) is 26.0 Å². The Hall–Kier alpha value is -1.93. The van der Waals surface area contributed by atoms with Crippen molar-refractivity contribution in [3.05, 3.63) is 29.8 Å². The predicted octanol–water partition coefficient (Wildman–Crippen LogP) is 1.67. The molecule has 1 fully saturated rings. The van der Waals surface area contributed by atoms with E-state index in [1.54, 1.807) is 12.1 Å². The van der Waals surface area contributed by atoms with Crippen LogP contribution in [0.3, 0.4) is 0 Å². The highest BCUT2D eigenvalue weighted by Crippen LogP contribution is 2.49. The average molecular weight is 369 g/mol.